The quantitative estimate of drug-likeness (QED) is 0.712. The molecule has 0 aliphatic heterocycles. The van der Waals surface area contributed by atoms with Crippen LogP contribution in [0.25, 0.3) is 0 Å². The molecule has 2 aromatic rings. The van der Waals surface area contributed by atoms with Crippen LogP contribution in [-0.4, -0.2) is 38.8 Å². The second-order valence-corrected chi connectivity index (χ2v) is 5.93. The zero-order chi connectivity index (χ0) is 18.2. The number of aromatic nitrogens is 3. The fourth-order valence-electron chi connectivity index (χ4n) is 2.15. The molecule has 134 valence electrons. The molecule has 3 amide bonds. The van der Waals surface area contributed by atoms with E-state index >= 15 is 0 Å². The van der Waals surface area contributed by atoms with Gasteiger partial charge in [0.05, 0.1) is 6.54 Å². The van der Waals surface area contributed by atoms with Crippen LogP contribution in [0.1, 0.15) is 32.8 Å². The van der Waals surface area contributed by atoms with E-state index in [-0.39, 0.29) is 11.9 Å². The van der Waals surface area contributed by atoms with E-state index in [2.05, 4.69) is 26.0 Å². The molecule has 0 fully saturated rings. The summed E-state index contributed by atoms with van der Waals surface area (Å²) in [6, 6.07) is 6.46. The average Bonchev–Trinajstić information content (AvgIpc) is 3.07. The van der Waals surface area contributed by atoms with E-state index in [1.54, 1.807) is 24.0 Å². The normalized spacial score (nSPS) is 12.9. The highest BCUT2D eigenvalue weighted by Gasteiger charge is 2.16. The summed E-state index contributed by atoms with van der Waals surface area (Å²) < 4.78 is 1.69. The third-order valence-electron chi connectivity index (χ3n) is 3.74. The highest BCUT2D eigenvalue weighted by Crippen LogP contribution is 2.11. The van der Waals surface area contributed by atoms with Gasteiger partial charge < -0.3 is 16.0 Å². The number of nitrogens with zero attached hydrogens (tertiary/aromatic N) is 3. The molecule has 1 aromatic carbocycles. The van der Waals surface area contributed by atoms with Gasteiger partial charge in [-0.25, -0.2) is 14.5 Å². The Bertz CT molecular complexity index is 701. The Kier molecular flexibility index (Phi) is 6.50. The predicted molar refractivity (Wildman–Crippen MR) is 95.1 cm³/mol. The molecule has 1 heterocycles. The number of carbonyl (C=O) groups excluding carboxylic acids is 2. The number of nitrogens with one attached hydrogen (secondary N) is 3. The van der Waals surface area contributed by atoms with Gasteiger partial charge in [-0.1, -0.05) is 19.1 Å². The third kappa shape index (κ3) is 5.91. The maximum atomic E-state index is 12.1. The molecule has 0 bridgehead atoms. The van der Waals surface area contributed by atoms with Crippen LogP contribution in [0.5, 0.6) is 0 Å². The lowest BCUT2D eigenvalue weighted by Crippen LogP contribution is -2.48. The number of amides is 3. The molecule has 0 spiro atoms. The van der Waals surface area contributed by atoms with Crippen LogP contribution in [0.3, 0.4) is 0 Å². The zero-order valence-electron chi connectivity index (χ0n) is 14.7. The summed E-state index contributed by atoms with van der Waals surface area (Å²) in [5.74, 6) is -0.204. The first kappa shape index (κ1) is 18.4. The number of anilines is 1. The van der Waals surface area contributed by atoms with Crippen molar-refractivity contribution in [2.24, 2.45) is 0 Å². The number of carbonyl (C=O) groups is 2. The van der Waals surface area contributed by atoms with Crippen molar-refractivity contribution in [1.82, 2.24) is 25.4 Å². The maximum Gasteiger partial charge on any atom is 0.319 e. The van der Waals surface area contributed by atoms with Crippen molar-refractivity contribution < 1.29 is 9.59 Å². The molecular formula is C17H24N6O2. The molecule has 8 heteroatoms. The average molecular weight is 344 g/mol. The third-order valence-corrected chi connectivity index (χ3v) is 3.74. The molecule has 0 saturated carbocycles. The monoisotopic (exact) mass is 344 g/mol. The number of urea groups is 1. The first-order valence-electron chi connectivity index (χ1n) is 8.27. The lowest BCUT2D eigenvalue weighted by molar-refractivity contribution is -0.123. The molecule has 1 aromatic heterocycles. The number of hydrogen-bond donors (Lipinski definition) is 3. The minimum atomic E-state index is -0.618. The fraction of sp³-hybridized carbons (Fsp3) is 0.412. The summed E-state index contributed by atoms with van der Waals surface area (Å²) in [7, 11) is 0. The largest absolute Gasteiger partial charge is 0.352 e. The van der Waals surface area contributed by atoms with Crippen molar-refractivity contribution in [2.75, 3.05) is 5.32 Å². The maximum absolute atomic E-state index is 12.1. The van der Waals surface area contributed by atoms with Crippen molar-refractivity contribution in [1.29, 1.82) is 0 Å². The van der Waals surface area contributed by atoms with Crippen LogP contribution in [-0.2, 0) is 11.3 Å². The Labute approximate surface area is 147 Å². The molecule has 0 aliphatic rings. The SMILES string of the molecule is CC[C@@H](C)NC(=O)[C@H](C)NC(=O)Nc1cccc(Cn2cncn2)c1. The van der Waals surface area contributed by atoms with E-state index in [9.17, 15) is 9.59 Å². The van der Waals surface area contributed by atoms with E-state index in [0.29, 0.717) is 12.2 Å². The minimum absolute atomic E-state index is 0.0771. The van der Waals surface area contributed by atoms with E-state index in [1.807, 2.05) is 32.0 Å². The first-order chi connectivity index (χ1) is 12.0. The van der Waals surface area contributed by atoms with Crippen molar-refractivity contribution in [2.45, 2.75) is 45.8 Å². The van der Waals surface area contributed by atoms with Gasteiger partial charge >= 0.3 is 6.03 Å². The molecular weight excluding hydrogens is 320 g/mol. The highest BCUT2D eigenvalue weighted by molar-refractivity contribution is 5.93. The van der Waals surface area contributed by atoms with Crippen LogP contribution in [0.15, 0.2) is 36.9 Å². The van der Waals surface area contributed by atoms with Gasteiger partial charge in [-0.05, 0) is 38.0 Å². The smallest absolute Gasteiger partial charge is 0.319 e. The molecule has 0 saturated heterocycles. The van der Waals surface area contributed by atoms with E-state index < -0.39 is 12.1 Å². The van der Waals surface area contributed by atoms with Crippen LogP contribution in [0.4, 0.5) is 10.5 Å². The van der Waals surface area contributed by atoms with Gasteiger partial charge in [0.15, 0.2) is 0 Å². The summed E-state index contributed by atoms with van der Waals surface area (Å²) >= 11 is 0. The lowest BCUT2D eigenvalue weighted by atomic mass is 10.2. The van der Waals surface area contributed by atoms with Gasteiger partial charge in [-0.15, -0.1) is 0 Å². The summed E-state index contributed by atoms with van der Waals surface area (Å²) in [5.41, 5.74) is 1.62. The topological polar surface area (TPSA) is 101 Å². The van der Waals surface area contributed by atoms with Gasteiger partial charge in [0.1, 0.15) is 18.7 Å². The predicted octanol–water partition coefficient (Wildman–Crippen LogP) is 1.75. The number of benzene rings is 1. The molecule has 3 N–H and O–H groups in total. The molecule has 2 atom stereocenters. The van der Waals surface area contributed by atoms with Gasteiger partial charge in [0.2, 0.25) is 5.91 Å². The van der Waals surface area contributed by atoms with Crippen LogP contribution < -0.4 is 16.0 Å². The van der Waals surface area contributed by atoms with Gasteiger partial charge in [0.25, 0.3) is 0 Å². The van der Waals surface area contributed by atoms with Crippen molar-refractivity contribution in [3.63, 3.8) is 0 Å². The van der Waals surface area contributed by atoms with Gasteiger partial charge in [-0.2, -0.15) is 5.10 Å². The van der Waals surface area contributed by atoms with E-state index in [1.165, 1.54) is 6.33 Å². The second-order valence-electron chi connectivity index (χ2n) is 5.93. The van der Waals surface area contributed by atoms with Crippen molar-refractivity contribution in [3.05, 3.63) is 42.5 Å². The summed E-state index contributed by atoms with van der Waals surface area (Å²) in [6.07, 6.45) is 3.94. The van der Waals surface area contributed by atoms with Crippen molar-refractivity contribution >= 4 is 17.6 Å². The summed E-state index contributed by atoms with van der Waals surface area (Å²) in [5, 5.41) is 12.3. The molecule has 8 nitrogen and oxygen atoms in total. The number of hydrogen-bond acceptors (Lipinski definition) is 4. The van der Waals surface area contributed by atoms with Gasteiger partial charge in [-0.3, -0.25) is 4.79 Å². The van der Waals surface area contributed by atoms with Crippen LogP contribution in [0, 0.1) is 0 Å². The van der Waals surface area contributed by atoms with Crippen molar-refractivity contribution in [3.8, 4) is 0 Å². The Morgan fingerprint density at radius 1 is 1.24 bits per heavy atom. The van der Waals surface area contributed by atoms with Crippen LogP contribution >= 0.6 is 0 Å². The van der Waals surface area contributed by atoms with Crippen LogP contribution in [0.2, 0.25) is 0 Å². The standard InChI is InChI=1S/C17H24N6O2/c1-4-12(2)20-16(24)13(3)21-17(25)22-15-7-5-6-14(8-15)9-23-11-18-10-19-23/h5-8,10-13H,4,9H2,1-3H3,(H,20,24)(H2,21,22,25)/t12-,13+/m1/s1. The molecule has 0 unspecified atom stereocenters. The Balaban J connectivity index is 1.88. The Hall–Kier alpha value is -2.90. The molecule has 2 rings (SSSR count). The molecule has 0 aliphatic carbocycles. The summed E-state index contributed by atoms with van der Waals surface area (Å²) in [6.45, 7) is 6.12. The molecule has 25 heavy (non-hydrogen) atoms. The Morgan fingerprint density at radius 2 is 2.04 bits per heavy atom. The van der Waals surface area contributed by atoms with E-state index in [4.69, 9.17) is 0 Å². The lowest BCUT2D eigenvalue weighted by Gasteiger charge is -2.18. The zero-order valence-corrected chi connectivity index (χ0v) is 14.7. The first-order valence-corrected chi connectivity index (χ1v) is 8.27. The second kappa shape index (κ2) is 8.81. The van der Waals surface area contributed by atoms with Gasteiger partial charge in [0, 0.05) is 11.7 Å². The fourth-order valence-corrected chi connectivity index (χ4v) is 2.15. The minimum Gasteiger partial charge on any atom is -0.352 e. The number of rotatable bonds is 7. The van der Waals surface area contributed by atoms with E-state index in [0.717, 1.165) is 12.0 Å². The molecule has 0 radical (unpaired) electrons. The Morgan fingerprint density at radius 3 is 2.72 bits per heavy atom. The highest BCUT2D eigenvalue weighted by atomic mass is 16.2. The summed E-state index contributed by atoms with van der Waals surface area (Å²) in [4.78, 5) is 27.9.